The molecule has 6 nitrogen and oxygen atoms in total. The highest BCUT2D eigenvalue weighted by atomic mass is 16.6. The van der Waals surface area contributed by atoms with Gasteiger partial charge in [0.2, 0.25) is 0 Å². The molecule has 0 radical (unpaired) electrons. The van der Waals surface area contributed by atoms with E-state index in [2.05, 4.69) is 10.6 Å². The summed E-state index contributed by atoms with van der Waals surface area (Å²) in [4.78, 5) is 11.8. The quantitative estimate of drug-likeness (QED) is 0.823. The molecule has 1 aromatic rings. The molecule has 1 amide bonds. The molecule has 4 atom stereocenters. The van der Waals surface area contributed by atoms with Crippen molar-refractivity contribution < 1.29 is 19.0 Å². The molecular weight excluding hydrogens is 296 g/mol. The van der Waals surface area contributed by atoms with Crippen molar-refractivity contribution in [2.24, 2.45) is 11.8 Å². The zero-order valence-corrected chi connectivity index (χ0v) is 13.4. The lowest BCUT2D eigenvalue weighted by molar-refractivity contribution is 0.0602. The predicted molar refractivity (Wildman–Crippen MR) is 85.0 cm³/mol. The maximum atomic E-state index is 11.8. The monoisotopic (exact) mass is 320 g/mol. The summed E-state index contributed by atoms with van der Waals surface area (Å²) in [5, 5.41) is 5.99. The van der Waals surface area contributed by atoms with Crippen molar-refractivity contribution in [2.75, 3.05) is 33.4 Å². The minimum Gasteiger partial charge on any atom is -0.445 e. The van der Waals surface area contributed by atoms with Crippen LogP contribution in [-0.4, -0.2) is 51.7 Å². The van der Waals surface area contributed by atoms with Crippen LogP contribution in [-0.2, 0) is 20.8 Å². The standard InChI is InChI=1S/C17H24N2O4/c1-18-7-13-10-21-16-14(11-22-15(13)16)8-19-17(20)23-9-12-5-3-2-4-6-12/h2-6,13-16,18H,7-11H2,1H3,(H,19,20)/t13-,14-,15+,16+/m0/s1. The van der Waals surface area contributed by atoms with E-state index < -0.39 is 6.09 Å². The second kappa shape index (κ2) is 7.77. The minimum absolute atomic E-state index is 0.0720. The molecule has 126 valence electrons. The van der Waals surface area contributed by atoms with Gasteiger partial charge in [-0.15, -0.1) is 0 Å². The van der Waals surface area contributed by atoms with Crippen LogP contribution in [0.4, 0.5) is 4.79 Å². The van der Waals surface area contributed by atoms with E-state index in [1.54, 1.807) is 0 Å². The van der Waals surface area contributed by atoms with Gasteiger partial charge in [0.05, 0.1) is 25.4 Å². The van der Waals surface area contributed by atoms with Gasteiger partial charge in [0.1, 0.15) is 6.61 Å². The SMILES string of the molecule is CNC[C@H]1CO[C@@H]2[C@@H](CNC(=O)OCc3ccccc3)CO[C@H]12. The van der Waals surface area contributed by atoms with Gasteiger partial charge in [0.15, 0.2) is 0 Å². The van der Waals surface area contributed by atoms with Crippen molar-refractivity contribution >= 4 is 6.09 Å². The Balaban J connectivity index is 1.40. The Kier molecular flexibility index (Phi) is 5.48. The van der Waals surface area contributed by atoms with Crippen LogP contribution in [0.2, 0.25) is 0 Å². The Bertz CT molecular complexity index is 511. The number of carbonyl (C=O) groups excluding carboxylic acids is 1. The van der Waals surface area contributed by atoms with Crippen molar-refractivity contribution in [1.82, 2.24) is 10.6 Å². The van der Waals surface area contributed by atoms with Crippen LogP contribution in [0.1, 0.15) is 5.56 Å². The first kappa shape index (κ1) is 16.2. The van der Waals surface area contributed by atoms with Crippen LogP contribution in [0.25, 0.3) is 0 Å². The van der Waals surface area contributed by atoms with E-state index in [-0.39, 0.29) is 24.7 Å². The van der Waals surface area contributed by atoms with Crippen LogP contribution >= 0.6 is 0 Å². The fourth-order valence-electron chi connectivity index (χ4n) is 3.26. The van der Waals surface area contributed by atoms with E-state index in [9.17, 15) is 4.79 Å². The number of nitrogens with one attached hydrogen (secondary N) is 2. The second-order valence-corrected chi connectivity index (χ2v) is 6.12. The normalized spacial score (nSPS) is 29.3. The minimum atomic E-state index is -0.401. The van der Waals surface area contributed by atoms with Gasteiger partial charge in [0.25, 0.3) is 0 Å². The summed E-state index contributed by atoms with van der Waals surface area (Å²) in [5.74, 6) is 0.575. The third-order valence-corrected chi connectivity index (χ3v) is 4.45. The number of fused-ring (bicyclic) bond motifs is 1. The van der Waals surface area contributed by atoms with E-state index in [0.29, 0.717) is 25.7 Å². The van der Waals surface area contributed by atoms with Gasteiger partial charge in [-0.2, -0.15) is 0 Å². The number of rotatable bonds is 6. The van der Waals surface area contributed by atoms with Crippen molar-refractivity contribution in [3.63, 3.8) is 0 Å². The van der Waals surface area contributed by atoms with E-state index in [1.807, 2.05) is 37.4 Å². The predicted octanol–water partition coefficient (Wildman–Crippen LogP) is 1.16. The van der Waals surface area contributed by atoms with E-state index in [1.165, 1.54) is 0 Å². The number of amides is 1. The second-order valence-electron chi connectivity index (χ2n) is 6.12. The smallest absolute Gasteiger partial charge is 0.407 e. The summed E-state index contributed by atoms with van der Waals surface area (Å²) in [7, 11) is 1.93. The van der Waals surface area contributed by atoms with E-state index in [4.69, 9.17) is 14.2 Å². The maximum Gasteiger partial charge on any atom is 0.407 e. The number of hydrogen-bond acceptors (Lipinski definition) is 5. The largest absolute Gasteiger partial charge is 0.445 e. The number of benzene rings is 1. The fourth-order valence-corrected chi connectivity index (χ4v) is 3.26. The lowest BCUT2D eigenvalue weighted by Gasteiger charge is -2.17. The molecule has 0 aliphatic carbocycles. The molecule has 6 heteroatoms. The van der Waals surface area contributed by atoms with Crippen LogP contribution in [0, 0.1) is 11.8 Å². The molecule has 0 bridgehead atoms. The van der Waals surface area contributed by atoms with Crippen LogP contribution in [0.3, 0.4) is 0 Å². The van der Waals surface area contributed by atoms with Crippen molar-refractivity contribution in [2.45, 2.75) is 18.8 Å². The number of ether oxygens (including phenoxy) is 3. The maximum absolute atomic E-state index is 11.8. The average Bonchev–Trinajstić information content (AvgIpc) is 3.15. The summed E-state index contributed by atoms with van der Waals surface area (Å²) in [5.41, 5.74) is 0.973. The number of carbonyl (C=O) groups is 1. The van der Waals surface area contributed by atoms with Gasteiger partial charge in [0, 0.05) is 24.9 Å². The Morgan fingerprint density at radius 2 is 1.78 bits per heavy atom. The van der Waals surface area contributed by atoms with Crippen LogP contribution < -0.4 is 10.6 Å². The third kappa shape index (κ3) is 4.02. The zero-order valence-electron chi connectivity index (χ0n) is 13.4. The molecule has 2 aliphatic rings. The average molecular weight is 320 g/mol. The Morgan fingerprint density at radius 1 is 1.13 bits per heavy atom. The molecule has 2 N–H and O–H groups in total. The molecular formula is C17H24N2O4. The van der Waals surface area contributed by atoms with Gasteiger partial charge in [-0.1, -0.05) is 30.3 Å². The van der Waals surface area contributed by atoms with Crippen LogP contribution in [0.5, 0.6) is 0 Å². The van der Waals surface area contributed by atoms with Gasteiger partial charge in [-0.3, -0.25) is 0 Å². The highest BCUT2D eigenvalue weighted by molar-refractivity contribution is 5.67. The lowest BCUT2D eigenvalue weighted by Crippen LogP contribution is -2.36. The van der Waals surface area contributed by atoms with Crippen molar-refractivity contribution in [3.05, 3.63) is 35.9 Å². The summed E-state index contributed by atoms with van der Waals surface area (Å²) in [6.45, 7) is 3.02. The topological polar surface area (TPSA) is 68.8 Å². The molecule has 2 aliphatic heterocycles. The van der Waals surface area contributed by atoms with Crippen LogP contribution in [0.15, 0.2) is 30.3 Å². The van der Waals surface area contributed by atoms with Crippen molar-refractivity contribution in [3.8, 4) is 0 Å². The first-order valence-corrected chi connectivity index (χ1v) is 8.10. The van der Waals surface area contributed by atoms with Crippen molar-refractivity contribution in [1.29, 1.82) is 0 Å². The molecule has 0 aromatic heterocycles. The molecule has 2 fully saturated rings. The fraction of sp³-hybridized carbons (Fsp3) is 0.588. The first-order valence-electron chi connectivity index (χ1n) is 8.10. The molecule has 1 aromatic carbocycles. The Hall–Kier alpha value is -1.63. The summed E-state index contributed by atoms with van der Waals surface area (Å²) in [6.07, 6.45) is -0.195. The summed E-state index contributed by atoms with van der Waals surface area (Å²) < 4.78 is 16.9. The van der Waals surface area contributed by atoms with E-state index >= 15 is 0 Å². The van der Waals surface area contributed by atoms with Gasteiger partial charge >= 0.3 is 6.09 Å². The third-order valence-electron chi connectivity index (χ3n) is 4.45. The summed E-state index contributed by atoms with van der Waals surface area (Å²) in [6, 6.07) is 9.63. The lowest BCUT2D eigenvalue weighted by atomic mass is 9.96. The number of alkyl carbamates (subject to hydrolysis) is 1. The summed E-state index contributed by atoms with van der Waals surface area (Å²) >= 11 is 0. The molecule has 2 saturated heterocycles. The first-order chi connectivity index (χ1) is 11.3. The highest BCUT2D eigenvalue weighted by Crippen LogP contribution is 2.34. The Morgan fingerprint density at radius 3 is 2.43 bits per heavy atom. The highest BCUT2D eigenvalue weighted by Gasteiger charge is 2.47. The molecule has 23 heavy (non-hydrogen) atoms. The molecule has 2 heterocycles. The Labute approximate surface area is 136 Å². The molecule has 3 rings (SSSR count). The molecule has 0 unspecified atom stereocenters. The van der Waals surface area contributed by atoms with Gasteiger partial charge in [-0.25, -0.2) is 4.79 Å². The molecule has 0 saturated carbocycles. The van der Waals surface area contributed by atoms with E-state index in [0.717, 1.165) is 12.1 Å². The van der Waals surface area contributed by atoms with Gasteiger partial charge in [-0.05, 0) is 12.6 Å². The molecule has 0 spiro atoms. The number of hydrogen-bond donors (Lipinski definition) is 2. The zero-order chi connectivity index (χ0) is 16.1. The van der Waals surface area contributed by atoms with Gasteiger partial charge < -0.3 is 24.8 Å².